The number of aromatic nitrogens is 2. The SMILES string of the molecule is COC(=O)c1nc(Cl)c(Cl)nc1CC(=O)CS. The molecule has 0 aliphatic carbocycles. The number of Topliss-reactive ketones (excluding diaryl/α,β-unsaturated/α-hetero) is 1. The summed E-state index contributed by atoms with van der Waals surface area (Å²) in [6.07, 6.45) is -0.0994. The van der Waals surface area contributed by atoms with Gasteiger partial charge in [0.1, 0.15) is 5.78 Å². The lowest BCUT2D eigenvalue weighted by Crippen LogP contribution is -2.15. The Balaban J connectivity index is 3.20. The average molecular weight is 295 g/mol. The van der Waals surface area contributed by atoms with Gasteiger partial charge in [-0.05, 0) is 0 Å². The summed E-state index contributed by atoms with van der Waals surface area (Å²) in [5, 5.41) is -0.185. The molecule has 0 saturated carbocycles. The van der Waals surface area contributed by atoms with E-state index in [9.17, 15) is 9.59 Å². The summed E-state index contributed by atoms with van der Waals surface area (Å²) in [6, 6.07) is 0. The number of nitrogens with zero attached hydrogens (tertiary/aromatic N) is 2. The van der Waals surface area contributed by atoms with E-state index in [-0.39, 0.29) is 39.7 Å². The molecule has 5 nitrogen and oxygen atoms in total. The number of ether oxygens (including phenoxy) is 1. The van der Waals surface area contributed by atoms with Gasteiger partial charge < -0.3 is 4.74 Å². The molecule has 0 atom stereocenters. The van der Waals surface area contributed by atoms with E-state index >= 15 is 0 Å². The molecule has 0 saturated heterocycles. The van der Waals surface area contributed by atoms with Gasteiger partial charge in [0.25, 0.3) is 0 Å². The molecule has 0 unspecified atom stereocenters. The van der Waals surface area contributed by atoms with Crippen molar-refractivity contribution < 1.29 is 14.3 Å². The summed E-state index contributed by atoms with van der Waals surface area (Å²) in [4.78, 5) is 30.3. The minimum absolute atomic E-state index is 0.0303. The van der Waals surface area contributed by atoms with Crippen molar-refractivity contribution in [2.24, 2.45) is 0 Å². The number of thiol groups is 1. The number of hydrogen-bond donors (Lipinski definition) is 1. The predicted octanol–water partition coefficient (Wildman–Crippen LogP) is 1.61. The first kappa shape index (κ1) is 14.2. The molecule has 0 N–H and O–H groups in total. The molecule has 0 amide bonds. The molecule has 92 valence electrons. The van der Waals surface area contributed by atoms with Crippen molar-refractivity contribution in [3.05, 3.63) is 21.7 Å². The van der Waals surface area contributed by atoms with Crippen LogP contribution in [-0.4, -0.2) is 34.6 Å². The highest BCUT2D eigenvalue weighted by Gasteiger charge is 2.20. The van der Waals surface area contributed by atoms with Crippen molar-refractivity contribution in [2.75, 3.05) is 12.9 Å². The quantitative estimate of drug-likeness (QED) is 0.675. The standard InChI is InChI=1S/C9H8Cl2N2O3S/c1-16-9(15)6-5(2-4(14)3-17)12-7(10)8(11)13-6/h17H,2-3H2,1H3. The number of halogens is 2. The molecular formula is C9H8Cl2N2O3S. The van der Waals surface area contributed by atoms with E-state index in [1.807, 2.05) is 0 Å². The lowest BCUT2D eigenvalue weighted by atomic mass is 10.2. The number of carbonyl (C=O) groups excluding carboxylic acids is 2. The Labute approximate surface area is 113 Å². The molecule has 0 aliphatic heterocycles. The van der Waals surface area contributed by atoms with Crippen LogP contribution in [0.5, 0.6) is 0 Å². The largest absolute Gasteiger partial charge is 0.464 e. The van der Waals surface area contributed by atoms with Gasteiger partial charge in [-0.1, -0.05) is 23.2 Å². The predicted molar refractivity (Wildman–Crippen MR) is 66.0 cm³/mol. The zero-order valence-corrected chi connectivity index (χ0v) is 11.1. The van der Waals surface area contributed by atoms with Gasteiger partial charge in [0.2, 0.25) is 0 Å². The van der Waals surface area contributed by atoms with Crippen LogP contribution in [-0.2, 0) is 16.0 Å². The van der Waals surface area contributed by atoms with E-state index in [2.05, 4.69) is 27.3 Å². The highest BCUT2D eigenvalue weighted by Crippen LogP contribution is 2.20. The third-order valence-electron chi connectivity index (χ3n) is 1.81. The van der Waals surface area contributed by atoms with E-state index in [4.69, 9.17) is 23.2 Å². The van der Waals surface area contributed by atoms with Crippen LogP contribution >= 0.6 is 35.8 Å². The molecule has 0 aromatic carbocycles. The third-order valence-corrected chi connectivity index (χ3v) is 2.78. The molecule has 1 rings (SSSR count). The summed E-state index contributed by atoms with van der Waals surface area (Å²) >= 11 is 15.1. The van der Waals surface area contributed by atoms with Crippen LogP contribution in [0, 0.1) is 0 Å². The number of esters is 1. The Bertz CT molecular complexity index is 468. The maximum Gasteiger partial charge on any atom is 0.358 e. The molecule has 1 heterocycles. The van der Waals surface area contributed by atoms with Gasteiger partial charge in [-0.15, -0.1) is 0 Å². The van der Waals surface area contributed by atoms with Crippen LogP contribution in [0.3, 0.4) is 0 Å². The fourth-order valence-electron chi connectivity index (χ4n) is 1.05. The normalized spacial score (nSPS) is 10.1. The molecule has 0 radical (unpaired) electrons. The zero-order valence-electron chi connectivity index (χ0n) is 8.74. The molecule has 1 aromatic heterocycles. The maximum atomic E-state index is 11.4. The number of rotatable bonds is 4. The van der Waals surface area contributed by atoms with Crippen LogP contribution in [0.25, 0.3) is 0 Å². The molecule has 8 heteroatoms. The first-order valence-electron chi connectivity index (χ1n) is 4.42. The van der Waals surface area contributed by atoms with E-state index in [1.54, 1.807) is 0 Å². The zero-order chi connectivity index (χ0) is 13.0. The number of hydrogen-bond acceptors (Lipinski definition) is 6. The highest BCUT2D eigenvalue weighted by molar-refractivity contribution is 7.81. The fourth-order valence-corrected chi connectivity index (χ4v) is 1.44. The lowest BCUT2D eigenvalue weighted by molar-refractivity contribution is -0.116. The molecule has 0 bridgehead atoms. The van der Waals surface area contributed by atoms with Gasteiger partial charge >= 0.3 is 5.97 Å². The maximum absolute atomic E-state index is 11.4. The lowest BCUT2D eigenvalue weighted by Gasteiger charge is -2.06. The smallest absolute Gasteiger partial charge is 0.358 e. The summed E-state index contributed by atoms with van der Waals surface area (Å²) in [5.74, 6) is -0.910. The van der Waals surface area contributed by atoms with Crippen molar-refractivity contribution in [1.82, 2.24) is 9.97 Å². The van der Waals surface area contributed by atoms with E-state index in [0.717, 1.165) is 0 Å². The number of methoxy groups -OCH3 is 1. The van der Waals surface area contributed by atoms with Crippen molar-refractivity contribution in [1.29, 1.82) is 0 Å². The van der Waals surface area contributed by atoms with E-state index in [0.29, 0.717) is 0 Å². The molecule has 0 aliphatic rings. The second-order valence-corrected chi connectivity index (χ2v) is 4.00. The molecule has 17 heavy (non-hydrogen) atoms. The summed E-state index contributed by atoms with van der Waals surface area (Å²) < 4.78 is 4.51. The molecular weight excluding hydrogens is 287 g/mol. The van der Waals surface area contributed by atoms with Gasteiger partial charge in [0.15, 0.2) is 16.0 Å². The topological polar surface area (TPSA) is 69.2 Å². The van der Waals surface area contributed by atoms with Crippen molar-refractivity contribution >= 4 is 47.6 Å². The number of ketones is 1. The monoisotopic (exact) mass is 294 g/mol. The minimum atomic E-state index is -0.724. The van der Waals surface area contributed by atoms with Gasteiger partial charge in [-0.25, -0.2) is 14.8 Å². The molecule has 0 fully saturated rings. The van der Waals surface area contributed by atoms with Crippen LogP contribution in [0.1, 0.15) is 16.2 Å². The van der Waals surface area contributed by atoms with Crippen molar-refractivity contribution in [3.63, 3.8) is 0 Å². The van der Waals surface area contributed by atoms with Crippen LogP contribution in [0.15, 0.2) is 0 Å². The van der Waals surface area contributed by atoms with Gasteiger partial charge in [-0.3, -0.25) is 4.79 Å². The van der Waals surface area contributed by atoms with Gasteiger partial charge in [-0.2, -0.15) is 12.6 Å². The Morgan fingerprint density at radius 3 is 2.41 bits per heavy atom. The Morgan fingerprint density at radius 1 is 1.29 bits per heavy atom. The average Bonchev–Trinajstić information content (AvgIpc) is 2.32. The summed E-state index contributed by atoms with van der Waals surface area (Å²) in [7, 11) is 1.19. The van der Waals surface area contributed by atoms with Crippen LogP contribution in [0.4, 0.5) is 0 Å². The first-order valence-corrected chi connectivity index (χ1v) is 5.81. The number of carbonyl (C=O) groups is 2. The van der Waals surface area contributed by atoms with Crippen molar-refractivity contribution in [3.8, 4) is 0 Å². The Morgan fingerprint density at radius 2 is 1.88 bits per heavy atom. The van der Waals surface area contributed by atoms with Crippen LogP contribution < -0.4 is 0 Å². The Kier molecular flexibility index (Phi) is 5.17. The fraction of sp³-hybridized carbons (Fsp3) is 0.333. The van der Waals surface area contributed by atoms with E-state index in [1.165, 1.54) is 7.11 Å². The van der Waals surface area contributed by atoms with E-state index < -0.39 is 5.97 Å². The minimum Gasteiger partial charge on any atom is -0.464 e. The van der Waals surface area contributed by atoms with Crippen molar-refractivity contribution in [2.45, 2.75) is 6.42 Å². The molecule has 1 aromatic rings. The first-order chi connectivity index (χ1) is 7.99. The summed E-state index contributed by atoms with van der Waals surface area (Å²) in [6.45, 7) is 0. The molecule has 0 spiro atoms. The van der Waals surface area contributed by atoms with Gasteiger partial charge in [0, 0.05) is 5.75 Å². The van der Waals surface area contributed by atoms with Gasteiger partial charge in [0.05, 0.1) is 19.2 Å². The van der Waals surface area contributed by atoms with Crippen LogP contribution in [0.2, 0.25) is 10.3 Å². The second kappa shape index (κ2) is 6.18. The highest BCUT2D eigenvalue weighted by atomic mass is 35.5. The third kappa shape index (κ3) is 3.55. The Hall–Kier alpha value is -0.850. The second-order valence-electron chi connectivity index (χ2n) is 2.97. The summed E-state index contributed by atoms with van der Waals surface area (Å²) in [5.41, 5.74) is 0.0160.